The molecule has 1 saturated heterocycles. The minimum Gasteiger partial charge on any atom is -0.386 e. The van der Waals surface area contributed by atoms with Gasteiger partial charge in [0.15, 0.2) is 0 Å². The van der Waals surface area contributed by atoms with Crippen LogP contribution < -0.4 is 0 Å². The largest absolute Gasteiger partial charge is 0.386 e. The summed E-state index contributed by atoms with van der Waals surface area (Å²) in [6.07, 6.45) is 2.17. The number of aromatic nitrogens is 3. The molecule has 6 heteroatoms. The fraction of sp³-hybridized carbons (Fsp3) is 0.462. The van der Waals surface area contributed by atoms with Crippen molar-refractivity contribution < 1.29 is 9.90 Å². The molecule has 0 radical (unpaired) electrons. The second-order valence-corrected chi connectivity index (χ2v) is 5.57. The molecule has 1 aromatic heterocycles. The van der Waals surface area contributed by atoms with Gasteiger partial charge in [-0.3, -0.25) is 4.79 Å². The second-order valence-electron chi connectivity index (χ2n) is 5.57. The summed E-state index contributed by atoms with van der Waals surface area (Å²) in [7, 11) is 0. The molecule has 0 spiro atoms. The molecule has 0 atom stereocenters. The number of aliphatic hydroxyl groups is 1. The van der Waals surface area contributed by atoms with E-state index < -0.39 is 5.60 Å². The molecule has 0 unspecified atom stereocenters. The van der Waals surface area contributed by atoms with Crippen molar-refractivity contribution in [3.8, 4) is 0 Å². The first-order valence-electron chi connectivity index (χ1n) is 6.48. The van der Waals surface area contributed by atoms with Crippen molar-refractivity contribution in [2.45, 2.75) is 18.4 Å². The number of rotatable bonds is 2. The average Bonchev–Trinajstić information content (AvgIpc) is 3.12. The molecular weight excluding hydrogens is 244 g/mol. The number of carbonyl (C=O) groups is 1. The molecule has 6 nitrogen and oxygen atoms in total. The van der Waals surface area contributed by atoms with E-state index in [1.54, 1.807) is 23.1 Å². The van der Waals surface area contributed by atoms with Crippen LogP contribution in [0.25, 0.3) is 11.0 Å². The fourth-order valence-electron chi connectivity index (χ4n) is 2.79. The zero-order chi connectivity index (χ0) is 13.0. The van der Waals surface area contributed by atoms with E-state index in [1.165, 1.54) is 0 Å². The summed E-state index contributed by atoms with van der Waals surface area (Å²) >= 11 is 0. The summed E-state index contributed by atoms with van der Waals surface area (Å²) in [5.74, 6) is 0.352. The van der Waals surface area contributed by atoms with E-state index >= 15 is 0 Å². The zero-order valence-corrected chi connectivity index (χ0v) is 10.3. The molecule has 2 N–H and O–H groups in total. The first-order chi connectivity index (χ1) is 9.16. The van der Waals surface area contributed by atoms with Gasteiger partial charge in [0, 0.05) is 5.56 Å². The highest BCUT2D eigenvalue weighted by Gasteiger charge is 2.53. The monoisotopic (exact) mass is 258 g/mol. The SMILES string of the molecule is O=C(c1ccc2n[nH]nc2c1)N1CC(O)(C2CC2)C1. The van der Waals surface area contributed by atoms with E-state index in [-0.39, 0.29) is 5.91 Å². The standard InChI is InChI=1S/C13H14N4O2/c18-12(17-6-13(19,7-17)9-2-3-9)8-1-4-10-11(5-8)15-16-14-10/h1,4-5,9,19H,2-3,6-7H2,(H,14,15,16). The Balaban J connectivity index is 1.54. The number of fused-ring (bicyclic) bond motifs is 1. The van der Waals surface area contributed by atoms with Crippen molar-refractivity contribution in [3.05, 3.63) is 23.8 Å². The van der Waals surface area contributed by atoms with Gasteiger partial charge in [0.25, 0.3) is 5.91 Å². The van der Waals surface area contributed by atoms with Gasteiger partial charge < -0.3 is 10.0 Å². The van der Waals surface area contributed by atoms with Crippen LogP contribution in [0.15, 0.2) is 18.2 Å². The summed E-state index contributed by atoms with van der Waals surface area (Å²) in [4.78, 5) is 14.0. The molecule has 1 aliphatic heterocycles. The maximum atomic E-state index is 12.3. The number of hydrogen-bond acceptors (Lipinski definition) is 4. The number of hydrogen-bond donors (Lipinski definition) is 2. The Morgan fingerprint density at radius 1 is 1.32 bits per heavy atom. The van der Waals surface area contributed by atoms with Crippen molar-refractivity contribution in [1.29, 1.82) is 0 Å². The molecule has 1 saturated carbocycles. The Kier molecular flexibility index (Phi) is 2.04. The highest BCUT2D eigenvalue weighted by molar-refractivity contribution is 5.97. The normalized spacial score (nSPS) is 21.4. The number of carbonyl (C=O) groups excluding carboxylic acids is 1. The Morgan fingerprint density at radius 2 is 2.05 bits per heavy atom. The molecule has 2 aromatic rings. The predicted molar refractivity (Wildman–Crippen MR) is 67.5 cm³/mol. The second kappa shape index (κ2) is 3.54. The summed E-state index contributed by atoms with van der Waals surface area (Å²) in [6, 6.07) is 5.26. The lowest BCUT2D eigenvalue weighted by Gasteiger charge is -2.47. The van der Waals surface area contributed by atoms with Gasteiger partial charge in [-0.05, 0) is 37.0 Å². The topological polar surface area (TPSA) is 82.1 Å². The average molecular weight is 258 g/mol. The Morgan fingerprint density at radius 3 is 2.79 bits per heavy atom. The van der Waals surface area contributed by atoms with Gasteiger partial charge in [-0.2, -0.15) is 15.4 Å². The van der Waals surface area contributed by atoms with Gasteiger partial charge >= 0.3 is 0 Å². The first kappa shape index (κ1) is 10.9. The maximum Gasteiger partial charge on any atom is 0.254 e. The van der Waals surface area contributed by atoms with E-state index in [9.17, 15) is 9.90 Å². The van der Waals surface area contributed by atoms with Gasteiger partial charge in [0.2, 0.25) is 0 Å². The minimum absolute atomic E-state index is 0.0461. The smallest absolute Gasteiger partial charge is 0.254 e. The lowest BCUT2D eigenvalue weighted by Crippen LogP contribution is -2.64. The molecule has 1 aliphatic carbocycles. The molecule has 4 rings (SSSR count). The van der Waals surface area contributed by atoms with Crippen LogP contribution in [-0.4, -0.2) is 50.0 Å². The van der Waals surface area contributed by atoms with Crippen LogP contribution in [0.3, 0.4) is 0 Å². The summed E-state index contributed by atoms with van der Waals surface area (Å²) < 4.78 is 0. The van der Waals surface area contributed by atoms with E-state index in [2.05, 4.69) is 15.4 Å². The third kappa shape index (κ3) is 1.63. The number of likely N-dealkylation sites (tertiary alicyclic amines) is 1. The third-order valence-corrected chi connectivity index (χ3v) is 4.12. The summed E-state index contributed by atoms with van der Waals surface area (Å²) in [6.45, 7) is 0.903. The van der Waals surface area contributed by atoms with Crippen molar-refractivity contribution in [2.24, 2.45) is 5.92 Å². The van der Waals surface area contributed by atoms with Gasteiger partial charge in [-0.25, -0.2) is 0 Å². The predicted octanol–water partition coefficient (Wildman–Crippen LogP) is 0.555. The number of amides is 1. The van der Waals surface area contributed by atoms with Crippen LogP contribution in [-0.2, 0) is 0 Å². The Hall–Kier alpha value is -1.95. The molecule has 0 bridgehead atoms. The molecule has 1 amide bonds. The highest BCUT2D eigenvalue weighted by atomic mass is 16.3. The molecule has 2 heterocycles. The van der Waals surface area contributed by atoms with E-state index in [0.717, 1.165) is 18.4 Å². The van der Waals surface area contributed by atoms with E-state index in [0.29, 0.717) is 30.1 Å². The van der Waals surface area contributed by atoms with Crippen LogP contribution in [0.1, 0.15) is 23.2 Å². The lowest BCUT2D eigenvalue weighted by atomic mass is 9.88. The van der Waals surface area contributed by atoms with E-state index in [1.807, 2.05) is 0 Å². The number of benzene rings is 1. The fourth-order valence-corrected chi connectivity index (χ4v) is 2.79. The van der Waals surface area contributed by atoms with Gasteiger partial charge in [0.05, 0.1) is 13.1 Å². The van der Waals surface area contributed by atoms with Crippen molar-refractivity contribution >= 4 is 16.9 Å². The number of H-pyrrole nitrogens is 1. The summed E-state index contributed by atoms with van der Waals surface area (Å²) in [5.41, 5.74) is 1.39. The minimum atomic E-state index is -0.631. The third-order valence-electron chi connectivity index (χ3n) is 4.12. The highest BCUT2D eigenvalue weighted by Crippen LogP contribution is 2.44. The van der Waals surface area contributed by atoms with Crippen LogP contribution in [0.4, 0.5) is 0 Å². The number of β-amino-alcohol motifs (C(OH)–C–C–N with tert-alkyl or cyclic N) is 1. The van der Waals surface area contributed by atoms with Crippen molar-refractivity contribution in [1.82, 2.24) is 20.3 Å². The van der Waals surface area contributed by atoms with Crippen LogP contribution in [0.5, 0.6) is 0 Å². The number of nitrogens with one attached hydrogen (secondary N) is 1. The van der Waals surface area contributed by atoms with Crippen LogP contribution >= 0.6 is 0 Å². The molecule has 1 aromatic carbocycles. The van der Waals surface area contributed by atoms with Crippen molar-refractivity contribution in [3.63, 3.8) is 0 Å². The summed E-state index contributed by atoms with van der Waals surface area (Å²) in [5, 5.41) is 20.7. The Bertz CT molecular complexity index is 655. The van der Waals surface area contributed by atoms with Crippen LogP contribution in [0, 0.1) is 5.92 Å². The number of nitrogens with zero attached hydrogens (tertiary/aromatic N) is 3. The van der Waals surface area contributed by atoms with Gasteiger partial charge in [-0.15, -0.1) is 0 Å². The first-order valence-corrected chi connectivity index (χ1v) is 6.48. The van der Waals surface area contributed by atoms with Gasteiger partial charge in [0.1, 0.15) is 16.6 Å². The van der Waals surface area contributed by atoms with E-state index in [4.69, 9.17) is 0 Å². The Labute approximate surface area is 109 Å². The number of aromatic amines is 1. The maximum absolute atomic E-state index is 12.3. The quantitative estimate of drug-likeness (QED) is 0.824. The zero-order valence-electron chi connectivity index (χ0n) is 10.3. The van der Waals surface area contributed by atoms with Crippen molar-refractivity contribution in [2.75, 3.05) is 13.1 Å². The molecule has 98 valence electrons. The lowest BCUT2D eigenvalue weighted by molar-refractivity contribution is -0.0958. The molecule has 2 fully saturated rings. The molecule has 2 aliphatic rings. The van der Waals surface area contributed by atoms with Gasteiger partial charge in [-0.1, -0.05) is 0 Å². The molecule has 19 heavy (non-hydrogen) atoms. The molecular formula is C13H14N4O2. The van der Waals surface area contributed by atoms with Crippen LogP contribution in [0.2, 0.25) is 0 Å².